The maximum atomic E-state index is 12.8. The zero-order chi connectivity index (χ0) is 18.4. The Balaban J connectivity index is 1.44. The van der Waals surface area contributed by atoms with Gasteiger partial charge in [0.1, 0.15) is 5.82 Å². The summed E-state index contributed by atoms with van der Waals surface area (Å²) < 4.78 is 12.8. The summed E-state index contributed by atoms with van der Waals surface area (Å²) >= 11 is 2.73. The first-order chi connectivity index (χ1) is 12.6. The van der Waals surface area contributed by atoms with Crippen molar-refractivity contribution in [3.8, 4) is 0 Å². The Morgan fingerprint density at radius 3 is 2.65 bits per heavy atom. The number of aromatic nitrogens is 1. The lowest BCUT2D eigenvalue weighted by Crippen LogP contribution is -2.27. The van der Waals surface area contributed by atoms with Crippen molar-refractivity contribution in [2.75, 3.05) is 11.9 Å². The molecule has 0 aliphatic carbocycles. The van der Waals surface area contributed by atoms with Crippen molar-refractivity contribution in [3.05, 3.63) is 69.1 Å². The van der Waals surface area contributed by atoms with E-state index in [1.54, 1.807) is 29.0 Å². The average Bonchev–Trinajstić information content (AvgIpc) is 3.29. The molecule has 0 unspecified atom stereocenters. The summed E-state index contributed by atoms with van der Waals surface area (Å²) in [4.78, 5) is 28.2. The Morgan fingerprint density at radius 1 is 1.12 bits per heavy atom. The lowest BCUT2D eigenvalue weighted by molar-refractivity contribution is -0.120. The molecule has 0 spiro atoms. The minimum absolute atomic E-state index is 0.145. The van der Waals surface area contributed by atoms with Gasteiger partial charge in [-0.25, -0.2) is 9.37 Å². The second kappa shape index (κ2) is 8.68. The summed E-state index contributed by atoms with van der Waals surface area (Å²) in [6.45, 7) is 0.469. The molecule has 3 rings (SSSR count). The highest BCUT2D eigenvalue weighted by molar-refractivity contribution is 7.14. The van der Waals surface area contributed by atoms with Gasteiger partial charge in [0.25, 0.3) is 5.91 Å². The van der Waals surface area contributed by atoms with Crippen molar-refractivity contribution in [1.29, 1.82) is 0 Å². The molecule has 0 atom stereocenters. The van der Waals surface area contributed by atoms with Crippen LogP contribution in [0.2, 0.25) is 0 Å². The molecule has 2 heterocycles. The van der Waals surface area contributed by atoms with Gasteiger partial charge < -0.3 is 5.32 Å². The van der Waals surface area contributed by atoms with E-state index in [4.69, 9.17) is 0 Å². The van der Waals surface area contributed by atoms with Crippen LogP contribution in [0.5, 0.6) is 0 Å². The first-order valence-electron chi connectivity index (χ1n) is 7.89. The molecule has 1 aromatic carbocycles. The van der Waals surface area contributed by atoms with Crippen LogP contribution < -0.4 is 10.6 Å². The monoisotopic (exact) mass is 389 g/mol. The van der Waals surface area contributed by atoms with Gasteiger partial charge >= 0.3 is 0 Å². The third-order valence-corrected chi connectivity index (χ3v) is 5.04. The van der Waals surface area contributed by atoms with Crippen LogP contribution in [0.1, 0.15) is 21.6 Å². The maximum Gasteiger partial charge on any atom is 0.258 e. The number of thiophene rings is 1. The van der Waals surface area contributed by atoms with Gasteiger partial charge in [-0.1, -0.05) is 12.1 Å². The molecule has 0 aliphatic heterocycles. The van der Waals surface area contributed by atoms with Gasteiger partial charge in [-0.05, 0) is 35.6 Å². The third kappa shape index (κ3) is 5.21. The van der Waals surface area contributed by atoms with E-state index < -0.39 is 0 Å². The highest BCUT2D eigenvalue weighted by atomic mass is 32.1. The van der Waals surface area contributed by atoms with Gasteiger partial charge in [-0.15, -0.1) is 11.3 Å². The normalized spacial score (nSPS) is 10.5. The number of benzene rings is 1. The topological polar surface area (TPSA) is 71.1 Å². The highest BCUT2D eigenvalue weighted by Crippen LogP contribution is 2.17. The summed E-state index contributed by atoms with van der Waals surface area (Å²) in [5.41, 5.74) is 2.15. The standard InChI is InChI=1S/C18H16FN3O2S2/c19-14-3-1-12(2-4-14)5-7-20-16(23)9-15-11-26-18(21-15)22-17(24)13-6-8-25-10-13/h1-4,6,8,10-11H,5,7,9H2,(H,20,23)(H,21,22,24). The quantitative estimate of drug-likeness (QED) is 0.650. The van der Waals surface area contributed by atoms with E-state index in [9.17, 15) is 14.0 Å². The van der Waals surface area contributed by atoms with Crippen LogP contribution in [0.15, 0.2) is 46.5 Å². The largest absolute Gasteiger partial charge is 0.355 e. The molecule has 8 heteroatoms. The van der Waals surface area contributed by atoms with Crippen molar-refractivity contribution in [2.24, 2.45) is 0 Å². The number of thiazole rings is 1. The van der Waals surface area contributed by atoms with Crippen LogP contribution in [0.4, 0.5) is 9.52 Å². The molecular weight excluding hydrogens is 373 g/mol. The van der Waals surface area contributed by atoms with Crippen LogP contribution in [0.25, 0.3) is 0 Å². The Bertz CT molecular complexity index is 876. The summed E-state index contributed by atoms with van der Waals surface area (Å²) in [7, 11) is 0. The van der Waals surface area contributed by atoms with E-state index in [1.165, 1.54) is 34.8 Å². The molecule has 0 radical (unpaired) electrons. The third-order valence-electron chi connectivity index (χ3n) is 3.55. The maximum absolute atomic E-state index is 12.8. The number of carbonyl (C=O) groups is 2. The fourth-order valence-electron chi connectivity index (χ4n) is 2.23. The molecule has 26 heavy (non-hydrogen) atoms. The van der Waals surface area contributed by atoms with Gasteiger partial charge in [0.15, 0.2) is 5.13 Å². The number of halogens is 1. The fourth-order valence-corrected chi connectivity index (χ4v) is 3.57. The van der Waals surface area contributed by atoms with Crippen molar-refractivity contribution < 1.29 is 14.0 Å². The van der Waals surface area contributed by atoms with Crippen LogP contribution in [-0.4, -0.2) is 23.3 Å². The number of nitrogens with zero attached hydrogens (tertiary/aromatic N) is 1. The molecule has 0 saturated carbocycles. The highest BCUT2D eigenvalue weighted by Gasteiger charge is 2.11. The van der Waals surface area contributed by atoms with Gasteiger partial charge in [0.2, 0.25) is 5.91 Å². The lowest BCUT2D eigenvalue weighted by atomic mass is 10.1. The number of hydrogen-bond acceptors (Lipinski definition) is 5. The lowest BCUT2D eigenvalue weighted by Gasteiger charge is -2.04. The molecule has 2 amide bonds. The molecule has 3 aromatic rings. The molecule has 0 aliphatic rings. The number of nitrogens with one attached hydrogen (secondary N) is 2. The number of amides is 2. The number of carbonyl (C=O) groups excluding carboxylic acids is 2. The first kappa shape index (κ1) is 18.2. The summed E-state index contributed by atoms with van der Waals surface area (Å²) in [6.07, 6.45) is 0.777. The van der Waals surface area contributed by atoms with Crippen molar-refractivity contribution in [2.45, 2.75) is 12.8 Å². The van der Waals surface area contributed by atoms with E-state index in [2.05, 4.69) is 15.6 Å². The van der Waals surface area contributed by atoms with E-state index in [-0.39, 0.29) is 24.1 Å². The van der Waals surface area contributed by atoms with Gasteiger partial charge in [0.05, 0.1) is 17.7 Å². The molecule has 5 nitrogen and oxygen atoms in total. The molecule has 0 bridgehead atoms. The molecule has 0 saturated heterocycles. The predicted molar refractivity (Wildman–Crippen MR) is 101 cm³/mol. The second-order valence-electron chi connectivity index (χ2n) is 5.51. The summed E-state index contributed by atoms with van der Waals surface area (Å²) in [5, 5.41) is 11.3. The van der Waals surface area contributed by atoms with Crippen LogP contribution in [-0.2, 0) is 17.6 Å². The van der Waals surface area contributed by atoms with Crippen LogP contribution >= 0.6 is 22.7 Å². The number of hydrogen-bond donors (Lipinski definition) is 2. The van der Waals surface area contributed by atoms with Gasteiger partial charge in [0, 0.05) is 17.3 Å². The SMILES string of the molecule is O=C(Cc1csc(NC(=O)c2ccsc2)n1)NCCc1ccc(F)cc1. The Labute approximate surface area is 157 Å². The van der Waals surface area contributed by atoms with Crippen LogP contribution in [0, 0.1) is 5.82 Å². The Morgan fingerprint density at radius 2 is 1.92 bits per heavy atom. The van der Waals surface area contributed by atoms with E-state index in [0.29, 0.717) is 29.4 Å². The molecule has 134 valence electrons. The van der Waals surface area contributed by atoms with E-state index in [1.807, 2.05) is 5.38 Å². The molecule has 2 N–H and O–H groups in total. The molecule has 0 fully saturated rings. The van der Waals surface area contributed by atoms with Crippen LogP contribution in [0.3, 0.4) is 0 Å². The molecular formula is C18H16FN3O2S2. The second-order valence-corrected chi connectivity index (χ2v) is 7.15. The Kier molecular flexibility index (Phi) is 6.08. The fraction of sp³-hybridized carbons (Fsp3) is 0.167. The molecule has 2 aromatic heterocycles. The van der Waals surface area contributed by atoms with Crippen molar-refractivity contribution in [1.82, 2.24) is 10.3 Å². The zero-order valence-corrected chi connectivity index (χ0v) is 15.3. The Hall–Kier alpha value is -2.58. The van der Waals surface area contributed by atoms with E-state index >= 15 is 0 Å². The number of rotatable bonds is 7. The first-order valence-corrected chi connectivity index (χ1v) is 9.71. The minimum atomic E-state index is -0.275. The van der Waals surface area contributed by atoms with Gasteiger partial charge in [-0.3, -0.25) is 14.9 Å². The smallest absolute Gasteiger partial charge is 0.258 e. The van der Waals surface area contributed by atoms with Crippen molar-refractivity contribution >= 4 is 39.6 Å². The summed E-state index contributed by atoms with van der Waals surface area (Å²) in [5.74, 6) is -0.632. The summed E-state index contributed by atoms with van der Waals surface area (Å²) in [6, 6.07) is 7.94. The number of anilines is 1. The van der Waals surface area contributed by atoms with E-state index in [0.717, 1.165) is 5.56 Å². The zero-order valence-electron chi connectivity index (χ0n) is 13.7. The van der Waals surface area contributed by atoms with Crippen molar-refractivity contribution in [3.63, 3.8) is 0 Å². The van der Waals surface area contributed by atoms with Gasteiger partial charge in [-0.2, -0.15) is 11.3 Å². The average molecular weight is 389 g/mol. The minimum Gasteiger partial charge on any atom is -0.355 e. The predicted octanol–water partition coefficient (Wildman–Crippen LogP) is 3.50.